The number of nitrogens with zero attached hydrogens (tertiary/aromatic N) is 2. The number of carbonyl (C=O) groups excluding carboxylic acids is 2. The SMILES string of the molecule is CC(=O)Nc1ccc(/C(C)=N\NC(=O)CN(c2ccccc2C)S(C)(=O)=O)cc1. The van der Waals surface area contributed by atoms with Gasteiger partial charge in [0.15, 0.2) is 0 Å². The molecular formula is C20H24N4O4S. The average molecular weight is 417 g/mol. The molecule has 0 bridgehead atoms. The maximum absolute atomic E-state index is 12.3. The zero-order chi connectivity index (χ0) is 21.6. The number of nitrogens with one attached hydrogen (secondary N) is 2. The molecule has 0 saturated carbocycles. The molecule has 9 heteroatoms. The number of hydrogen-bond donors (Lipinski definition) is 2. The Balaban J connectivity index is 2.10. The summed E-state index contributed by atoms with van der Waals surface area (Å²) in [4.78, 5) is 23.4. The van der Waals surface area contributed by atoms with E-state index >= 15 is 0 Å². The number of hydrogen-bond acceptors (Lipinski definition) is 5. The number of aryl methyl sites for hydroxylation is 1. The fourth-order valence-electron chi connectivity index (χ4n) is 2.60. The molecule has 29 heavy (non-hydrogen) atoms. The normalized spacial score (nSPS) is 11.7. The second-order valence-corrected chi connectivity index (χ2v) is 8.45. The standard InChI is InChI=1S/C20H24N4O4S/c1-14-7-5-6-8-19(14)24(29(4,27)28)13-20(26)23-22-15(2)17-9-11-18(12-10-17)21-16(3)25/h5-12H,13H2,1-4H3,(H,21,25)(H,23,26)/b22-15-. The number of para-hydroxylation sites is 1. The van der Waals surface area contributed by atoms with E-state index in [1.807, 2.05) is 0 Å². The van der Waals surface area contributed by atoms with E-state index < -0.39 is 15.9 Å². The van der Waals surface area contributed by atoms with Crippen LogP contribution in [0.4, 0.5) is 11.4 Å². The molecule has 0 radical (unpaired) electrons. The molecule has 0 aromatic heterocycles. The van der Waals surface area contributed by atoms with E-state index in [1.54, 1.807) is 62.4 Å². The molecular weight excluding hydrogens is 392 g/mol. The summed E-state index contributed by atoms with van der Waals surface area (Å²) >= 11 is 0. The molecule has 2 N–H and O–H groups in total. The van der Waals surface area contributed by atoms with Crippen molar-refractivity contribution in [3.63, 3.8) is 0 Å². The number of sulfonamides is 1. The molecule has 0 atom stereocenters. The van der Waals surface area contributed by atoms with Gasteiger partial charge in [0.2, 0.25) is 15.9 Å². The van der Waals surface area contributed by atoms with Crippen molar-refractivity contribution >= 4 is 38.9 Å². The summed E-state index contributed by atoms with van der Waals surface area (Å²) in [6.07, 6.45) is 1.05. The number of anilines is 2. The lowest BCUT2D eigenvalue weighted by Crippen LogP contribution is -2.39. The average Bonchev–Trinajstić information content (AvgIpc) is 2.64. The molecule has 2 amide bonds. The van der Waals surface area contributed by atoms with Crippen LogP contribution < -0.4 is 15.0 Å². The van der Waals surface area contributed by atoms with Gasteiger partial charge in [-0.25, -0.2) is 13.8 Å². The summed E-state index contributed by atoms with van der Waals surface area (Å²) in [6.45, 7) is 4.52. The Morgan fingerprint density at radius 1 is 1.03 bits per heavy atom. The minimum atomic E-state index is -3.65. The van der Waals surface area contributed by atoms with Crippen LogP contribution in [-0.4, -0.2) is 38.7 Å². The van der Waals surface area contributed by atoms with Crippen molar-refractivity contribution in [1.29, 1.82) is 0 Å². The Bertz CT molecular complexity index is 1030. The van der Waals surface area contributed by atoms with Crippen molar-refractivity contribution in [2.45, 2.75) is 20.8 Å². The lowest BCUT2D eigenvalue weighted by Gasteiger charge is -2.23. The van der Waals surface area contributed by atoms with Crippen LogP contribution in [0.2, 0.25) is 0 Å². The number of benzene rings is 2. The number of amides is 2. The first kappa shape index (κ1) is 22.1. The molecule has 2 rings (SSSR count). The molecule has 0 spiro atoms. The zero-order valence-corrected chi connectivity index (χ0v) is 17.6. The third-order valence-electron chi connectivity index (χ3n) is 4.04. The monoisotopic (exact) mass is 416 g/mol. The highest BCUT2D eigenvalue weighted by Gasteiger charge is 2.22. The van der Waals surface area contributed by atoms with Gasteiger partial charge in [-0.2, -0.15) is 5.10 Å². The molecule has 0 fully saturated rings. The molecule has 0 aliphatic carbocycles. The van der Waals surface area contributed by atoms with Gasteiger partial charge >= 0.3 is 0 Å². The third-order valence-corrected chi connectivity index (χ3v) is 5.17. The summed E-state index contributed by atoms with van der Waals surface area (Å²) < 4.78 is 25.4. The molecule has 0 heterocycles. The van der Waals surface area contributed by atoms with Crippen LogP contribution in [-0.2, 0) is 19.6 Å². The van der Waals surface area contributed by atoms with Crippen molar-refractivity contribution in [2.24, 2.45) is 5.10 Å². The molecule has 2 aromatic carbocycles. The van der Waals surface area contributed by atoms with Gasteiger partial charge in [-0.3, -0.25) is 13.9 Å². The van der Waals surface area contributed by atoms with Crippen LogP contribution >= 0.6 is 0 Å². The summed E-state index contributed by atoms with van der Waals surface area (Å²) in [5.41, 5.74) is 5.51. The first-order chi connectivity index (χ1) is 13.6. The van der Waals surface area contributed by atoms with Gasteiger partial charge in [-0.1, -0.05) is 30.3 Å². The van der Waals surface area contributed by atoms with Gasteiger partial charge in [0.25, 0.3) is 5.91 Å². The van der Waals surface area contributed by atoms with Gasteiger partial charge in [0, 0.05) is 12.6 Å². The molecule has 8 nitrogen and oxygen atoms in total. The summed E-state index contributed by atoms with van der Waals surface area (Å²) in [5, 5.41) is 6.71. The second kappa shape index (κ2) is 9.33. The Kier molecular flexibility index (Phi) is 7.11. The Labute approximate surface area is 170 Å². The van der Waals surface area contributed by atoms with Crippen molar-refractivity contribution in [2.75, 3.05) is 22.4 Å². The molecule has 2 aromatic rings. The molecule has 0 unspecified atom stereocenters. The first-order valence-corrected chi connectivity index (χ1v) is 10.7. The van der Waals surface area contributed by atoms with Gasteiger partial charge < -0.3 is 5.32 Å². The Morgan fingerprint density at radius 3 is 2.21 bits per heavy atom. The molecule has 0 aliphatic heterocycles. The minimum absolute atomic E-state index is 0.167. The number of hydrazone groups is 1. The van der Waals surface area contributed by atoms with Crippen molar-refractivity contribution in [1.82, 2.24) is 5.43 Å². The van der Waals surface area contributed by atoms with Crippen LogP contribution in [0, 0.1) is 6.92 Å². The highest BCUT2D eigenvalue weighted by Crippen LogP contribution is 2.21. The van der Waals surface area contributed by atoms with Gasteiger partial charge in [0.1, 0.15) is 6.54 Å². The summed E-state index contributed by atoms with van der Waals surface area (Å²) in [7, 11) is -3.65. The predicted molar refractivity (Wildman–Crippen MR) is 114 cm³/mol. The quantitative estimate of drug-likeness (QED) is 0.533. The Hall–Kier alpha value is -3.20. The number of rotatable bonds is 7. The third kappa shape index (κ3) is 6.42. The molecule has 0 aliphatic rings. The summed E-state index contributed by atoms with van der Waals surface area (Å²) in [6, 6.07) is 13.9. The smallest absolute Gasteiger partial charge is 0.260 e. The topological polar surface area (TPSA) is 108 Å². The van der Waals surface area contributed by atoms with E-state index in [1.165, 1.54) is 6.92 Å². The largest absolute Gasteiger partial charge is 0.326 e. The summed E-state index contributed by atoms with van der Waals surface area (Å²) in [5.74, 6) is -0.729. The fourth-order valence-corrected chi connectivity index (χ4v) is 3.51. The van der Waals surface area contributed by atoms with E-state index in [-0.39, 0.29) is 12.5 Å². The van der Waals surface area contributed by atoms with Crippen molar-refractivity contribution < 1.29 is 18.0 Å². The van der Waals surface area contributed by atoms with E-state index in [4.69, 9.17) is 0 Å². The van der Waals surface area contributed by atoms with Crippen LogP contribution in [0.3, 0.4) is 0 Å². The van der Waals surface area contributed by atoms with Gasteiger partial charge in [-0.15, -0.1) is 0 Å². The zero-order valence-electron chi connectivity index (χ0n) is 16.8. The van der Waals surface area contributed by atoms with Crippen LogP contribution in [0.1, 0.15) is 25.0 Å². The predicted octanol–water partition coefficient (Wildman–Crippen LogP) is 2.26. The highest BCUT2D eigenvalue weighted by molar-refractivity contribution is 7.92. The van der Waals surface area contributed by atoms with Crippen LogP contribution in [0.25, 0.3) is 0 Å². The first-order valence-electron chi connectivity index (χ1n) is 8.82. The van der Waals surface area contributed by atoms with Gasteiger partial charge in [-0.05, 0) is 43.2 Å². The van der Waals surface area contributed by atoms with Crippen molar-refractivity contribution in [3.8, 4) is 0 Å². The van der Waals surface area contributed by atoms with Crippen LogP contribution in [0.5, 0.6) is 0 Å². The minimum Gasteiger partial charge on any atom is -0.326 e. The Morgan fingerprint density at radius 2 is 1.66 bits per heavy atom. The van der Waals surface area contributed by atoms with E-state index in [0.29, 0.717) is 17.1 Å². The highest BCUT2D eigenvalue weighted by atomic mass is 32.2. The van der Waals surface area contributed by atoms with E-state index in [0.717, 1.165) is 21.7 Å². The van der Waals surface area contributed by atoms with Crippen molar-refractivity contribution in [3.05, 3.63) is 59.7 Å². The van der Waals surface area contributed by atoms with Crippen LogP contribution in [0.15, 0.2) is 53.6 Å². The van der Waals surface area contributed by atoms with E-state index in [2.05, 4.69) is 15.8 Å². The molecule has 0 saturated heterocycles. The van der Waals surface area contributed by atoms with E-state index in [9.17, 15) is 18.0 Å². The maximum Gasteiger partial charge on any atom is 0.260 e. The maximum atomic E-state index is 12.3. The molecule has 154 valence electrons. The second-order valence-electron chi connectivity index (χ2n) is 6.55. The van der Waals surface area contributed by atoms with Gasteiger partial charge in [0.05, 0.1) is 17.7 Å². The lowest BCUT2D eigenvalue weighted by atomic mass is 10.1. The fraction of sp³-hybridized carbons (Fsp3) is 0.250. The number of carbonyl (C=O) groups is 2. The lowest BCUT2D eigenvalue weighted by molar-refractivity contribution is -0.119.